The van der Waals surface area contributed by atoms with E-state index in [4.69, 9.17) is 0 Å². The van der Waals surface area contributed by atoms with E-state index in [1.807, 2.05) is 0 Å². The summed E-state index contributed by atoms with van der Waals surface area (Å²) in [6.45, 7) is 18.8. The largest absolute Gasteiger partial charge is 0.401 e. The molecule has 0 amide bonds. The van der Waals surface area contributed by atoms with Crippen molar-refractivity contribution in [2.24, 2.45) is 5.92 Å². The molecule has 1 aliphatic carbocycles. The quantitative estimate of drug-likeness (QED) is 0.698. The molecule has 0 aliphatic heterocycles. The van der Waals surface area contributed by atoms with Crippen LogP contribution in [0.15, 0.2) is 22.4 Å². The first kappa shape index (κ1) is 18.2. The van der Waals surface area contributed by atoms with E-state index in [-0.39, 0.29) is 21.7 Å². The fraction of sp³-hybridized carbons (Fsp3) is 0.733. The third-order valence-corrected chi connectivity index (χ3v) is 6.40. The van der Waals surface area contributed by atoms with Crippen molar-refractivity contribution in [2.45, 2.75) is 67.1 Å². The maximum atomic E-state index is 2.76. The standard InChI is InChI=1S/C15H29NSi.Ti/c1-9-10(2)16(17(7)8)15-13(5)11(3)12(4)14(15)6;/h10,13,17H,9H2,1-8H3;. The summed E-state index contributed by atoms with van der Waals surface area (Å²) < 4.78 is 2.76. The number of hydrogen-bond acceptors (Lipinski definition) is 1. The SMILES string of the molecule is CCC(C)N(C1=C(C)C(C)=C(C)C1C)[SiH](C)C.[Ti]. The zero-order valence-electron chi connectivity index (χ0n) is 13.4. The molecule has 2 atom stereocenters. The maximum absolute atomic E-state index is 2.76. The smallest absolute Gasteiger partial charge is 0.134 e. The minimum Gasteiger partial charge on any atom is -0.401 e. The maximum Gasteiger partial charge on any atom is 0.134 e. The van der Waals surface area contributed by atoms with Gasteiger partial charge < -0.3 is 4.57 Å². The average molecular weight is 299 g/mol. The molecule has 1 rings (SSSR count). The van der Waals surface area contributed by atoms with Crippen molar-refractivity contribution in [3.63, 3.8) is 0 Å². The van der Waals surface area contributed by atoms with Crippen molar-refractivity contribution in [1.29, 1.82) is 0 Å². The summed E-state index contributed by atoms with van der Waals surface area (Å²) in [5.41, 5.74) is 6.25. The molecule has 3 heteroatoms. The Balaban J connectivity index is 0.00000289. The van der Waals surface area contributed by atoms with E-state index in [1.54, 1.807) is 11.3 Å². The molecule has 1 aliphatic rings. The Morgan fingerprint density at radius 1 is 1.17 bits per heavy atom. The van der Waals surface area contributed by atoms with Gasteiger partial charge in [-0.25, -0.2) is 0 Å². The summed E-state index contributed by atoms with van der Waals surface area (Å²) in [5.74, 6) is 0.624. The molecule has 0 heterocycles. The predicted octanol–water partition coefficient (Wildman–Crippen LogP) is 4.33. The molecule has 0 aromatic heterocycles. The van der Waals surface area contributed by atoms with Gasteiger partial charge in [0, 0.05) is 39.4 Å². The topological polar surface area (TPSA) is 3.24 Å². The first-order valence-corrected chi connectivity index (χ1v) is 9.82. The van der Waals surface area contributed by atoms with Crippen LogP contribution in [0.5, 0.6) is 0 Å². The molecule has 0 N–H and O–H groups in total. The minimum absolute atomic E-state index is 0. The third kappa shape index (κ3) is 3.20. The molecule has 18 heavy (non-hydrogen) atoms. The van der Waals surface area contributed by atoms with Gasteiger partial charge in [0.2, 0.25) is 0 Å². The van der Waals surface area contributed by atoms with Crippen LogP contribution in [0.2, 0.25) is 13.1 Å². The van der Waals surface area contributed by atoms with E-state index in [0.29, 0.717) is 12.0 Å². The van der Waals surface area contributed by atoms with Gasteiger partial charge in [0.05, 0.1) is 0 Å². The Morgan fingerprint density at radius 2 is 1.67 bits per heavy atom. The molecule has 102 valence electrons. The second-order valence-corrected chi connectivity index (χ2v) is 8.54. The van der Waals surface area contributed by atoms with Crippen molar-refractivity contribution in [3.05, 3.63) is 22.4 Å². The van der Waals surface area contributed by atoms with Crippen molar-refractivity contribution in [3.8, 4) is 0 Å². The van der Waals surface area contributed by atoms with Crippen molar-refractivity contribution < 1.29 is 21.7 Å². The van der Waals surface area contributed by atoms with Crippen LogP contribution in [0.1, 0.15) is 48.0 Å². The predicted molar refractivity (Wildman–Crippen MR) is 80.7 cm³/mol. The van der Waals surface area contributed by atoms with Crippen molar-refractivity contribution in [1.82, 2.24) is 4.57 Å². The zero-order valence-corrected chi connectivity index (χ0v) is 16.1. The van der Waals surface area contributed by atoms with Gasteiger partial charge in [-0.2, -0.15) is 0 Å². The number of nitrogens with zero attached hydrogens (tertiary/aromatic N) is 1. The van der Waals surface area contributed by atoms with Crippen LogP contribution in [0.3, 0.4) is 0 Å². The van der Waals surface area contributed by atoms with E-state index in [9.17, 15) is 0 Å². The fourth-order valence-electron chi connectivity index (χ4n) is 2.98. The molecule has 0 radical (unpaired) electrons. The van der Waals surface area contributed by atoms with Crippen LogP contribution in [-0.4, -0.2) is 19.6 Å². The number of allylic oxidation sites excluding steroid dienone is 3. The number of hydrogen-bond donors (Lipinski definition) is 0. The van der Waals surface area contributed by atoms with Gasteiger partial charge in [-0.1, -0.05) is 32.5 Å². The van der Waals surface area contributed by atoms with E-state index in [0.717, 1.165) is 0 Å². The second kappa shape index (κ2) is 7.12. The molecule has 0 bridgehead atoms. The molecule has 2 unspecified atom stereocenters. The molecule has 0 saturated heterocycles. The van der Waals surface area contributed by atoms with Gasteiger partial charge in [0.1, 0.15) is 8.96 Å². The summed E-state index contributed by atoms with van der Waals surface area (Å²) >= 11 is 0. The molecule has 0 saturated carbocycles. The van der Waals surface area contributed by atoms with Gasteiger partial charge in [-0.05, 0) is 45.3 Å². The number of rotatable bonds is 4. The van der Waals surface area contributed by atoms with Crippen LogP contribution in [0.4, 0.5) is 0 Å². The van der Waals surface area contributed by atoms with Crippen LogP contribution in [-0.2, 0) is 21.7 Å². The Hall–Kier alpha value is 0.211. The van der Waals surface area contributed by atoms with Crippen molar-refractivity contribution in [2.75, 3.05) is 0 Å². The van der Waals surface area contributed by atoms with Crippen LogP contribution < -0.4 is 0 Å². The Kier molecular flexibility index (Phi) is 7.20. The Bertz CT molecular complexity index is 358. The monoisotopic (exact) mass is 299 g/mol. The minimum atomic E-state index is -0.797. The summed E-state index contributed by atoms with van der Waals surface area (Å²) in [5, 5.41) is 0. The first-order chi connectivity index (χ1) is 7.82. The molecule has 0 spiro atoms. The first-order valence-electron chi connectivity index (χ1n) is 6.99. The molecule has 0 fully saturated rings. The van der Waals surface area contributed by atoms with Crippen molar-refractivity contribution >= 4 is 8.96 Å². The van der Waals surface area contributed by atoms with E-state index < -0.39 is 8.96 Å². The van der Waals surface area contributed by atoms with Gasteiger partial charge >= 0.3 is 0 Å². The summed E-state index contributed by atoms with van der Waals surface area (Å²) in [7, 11) is -0.797. The zero-order chi connectivity index (χ0) is 13.3. The summed E-state index contributed by atoms with van der Waals surface area (Å²) in [4.78, 5) is 0. The molecule has 1 nitrogen and oxygen atoms in total. The normalized spacial score (nSPS) is 21.5. The van der Waals surface area contributed by atoms with E-state index in [2.05, 4.69) is 59.2 Å². The van der Waals surface area contributed by atoms with Gasteiger partial charge in [0.25, 0.3) is 0 Å². The van der Waals surface area contributed by atoms with E-state index in [1.165, 1.54) is 17.6 Å². The van der Waals surface area contributed by atoms with Gasteiger partial charge in [-0.15, -0.1) is 0 Å². The third-order valence-electron chi connectivity index (χ3n) is 4.50. The average Bonchev–Trinajstić information content (AvgIpc) is 2.46. The fourth-order valence-corrected chi connectivity index (χ4v) is 5.18. The summed E-state index contributed by atoms with van der Waals surface area (Å²) in [6, 6.07) is 0.688. The molecular weight excluding hydrogens is 270 g/mol. The van der Waals surface area contributed by atoms with Gasteiger partial charge in [-0.3, -0.25) is 0 Å². The Morgan fingerprint density at radius 3 is 1.94 bits per heavy atom. The molecule has 0 aromatic carbocycles. The van der Waals surface area contributed by atoms with Crippen LogP contribution in [0, 0.1) is 5.92 Å². The summed E-state index contributed by atoms with van der Waals surface area (Å²) in [6.07, 6.45) is 1.24. The molecule has 0 aromatic rings. The second-order valence-electron chi connectivity index (χ2n) is 5.80. The van der Waals surface area contributed by atoms with Gasteiger partial charge in [0.15, 0.2) is 0 Å². The molecular formula is C15H29NSiTi. The van der Waals surface area contributed by atoms with E-state index >= 15 is 0 Å². The Labute approximate surface area is 130 Å². The van der Waals surface area contributed by atoms with Crippen LogP contribution in [0.25, 0.3) is 0 Å². The van der Waals surface area contributed by atoms with Crippen LogP contribution >= 0.6 is 0 Å².